The van der Waals surface area contributed by atoms with Gasteiger partial charge in [0.1, 0.15) is 0 Å². The highest BCUT2D eigenvalue weighted by molar-refractivity contribution is 5.73. The van der Waals surface area contributed by atoms with Crippen molar-refractivity contribution in [2.45, 2.75) is 39.7 Å². The third-order valence-corrected chi connectivity index (χ3v) is 2.81. The normalized spacial score (nSPS) is 27.7. The zero-order valence-corrected chi connectivity index (χ0v) is 9.38. The summed E-state index contributed by atoms with van der Waals surface area (Å²) in [6.45, 7) is 7.67. The van der Waals surface area contributed by atoms with Crippen molar-refractivity contribution in [2.24, 2.45) is 11.8 Å². The first-order valence-electron chi connectivity index (χ1n) is 5.56. The molecule has 0 aromatic heterocycles. The van der Waals surface area contributed by atoms with E-state index >= 15 is 0 Å². The number of carbonyl (C=O) groups excluding carboxylic acids is 1. The van der Waals surface area contributed by atoms with Gasteiger partial charge in [-0.05, 0) is 32.2 Å². The predicted molar refractivity (Wildman–Crippen MR) is 56.0 cm³/mol. The lowest BCUT2D eigenvalue weighted by Gasteiger charge is -2.33. The summed E-state index contributed by atoms with van der Waals surface area (Å²) in [7, 11) is 0. The number of ether oxygens (including phenoxy) is 1. The number of hydrogen-bond acceptors (Lipinski definition) is 3. The minimum absolute atomic E-state index is 0.0293. The van der Waals surface area contributed by atoms with Crippen LogP contribution in [0.25, 0.3) is 0 Å². The summed E-state index contributed by atoms with van der Waals surface area (Å²) in [5.41, 5.74) is 0. The number of piperidine rings is 1. The van der Waals surface area contributed by atoms with Crippen LogP contribution in [0.4, 0.5) is 0 Å². The van der Waals surface area contributed by atoms with Gasteiger partial charge in [-0.15, -0.1) is 0 Å². The molecule has 0 spiro atoms. The fraction of sp³-hybridized carbons (Fsp3) is 0.909. The topological polar surface area (TPSA) is 38.3 Å². The Morgan fingerprint density at radius 2 is 2.29 bits per heavy atom. The fourth-order valence-electron chi connectivity index (χ4n) is 2.13. The Morgan fingerprint density at radius 1 is 1.57 bits per heavy atom. The maximum Gasteiger partial charge on any atom is 0.310 e. The number of rotatable bonds is 3. The molecule has 1 fully saturated rings. The fourth-order valence-corrected chi connectivity index (χ4v) is 2.13. The van der Waals surface area contributed by atoms with E-state index in [0.29, 0.717) is 18.6 Å². The average Bonchev–Trinajstić information content (AvgIpc) is 2.18. The van der Waals surface area contributed by atoms with E-state index in [1.807, 2.05) is 6.92 Å². The Bertz CT molecular complexity index is 192. The Hall–Kier alpha value is -0.570. The highest BCUT2D eigenvalue weighted by Crippen LogP contribution is 2.23. The first kappa shape index (κ1) is 11.5. The van der Waals surface area contributed by atoms with E-state index in [-0.39, 0.29) is 11.9 Å². The largest absolute Gasteiger partial charge is 0.466 e. The SMILES string of the molecule is CCOC(=O)C1CCCNC1C(C)C. The third-order valence-electron chi connectivity index (χ3n) is 2.81. The van der Waals surface area contributed by atoms with Gasteiger partial charge in [0.15, 0.2) is 0 Å². The van der Waals surface area contributed by atoms with Crippen molar-refractivity contribution in [2.75, 3.05) is 13.2 Å². The van der Waals surface area contributed by atoms with Gasteiger partial charge < -0.3 is 10.1 Å². The second-order valence-corrected chi connectivity index (χ2v) is 4.22. The molecule has 1 heterocycles. The molecule has 1 rings (SSSR count). The molecule has 3 nitrogen and oxygen atoms in total. The summed E-state index contributed by atoms with van der Waals surface area (Å²) >= 11 is 0. The summed E-state index contributed by atoms with van der Waals surface area (Å²) in [5, 5.41) is 3.41. The number of hydrogen-bond donors (Lipinski definition) is 1. The van der Waals surface area contributed by atoms with Crippen LogP contribution in [0.15, 0.2) is 0 Å². The Labute approximate surface area is 86.2 Å². The lowest BCUT2D eigenvalue weighted by molar-refractivity contribution is -0.150. The molecule has 1 saturated heterocycles. The first-order valence-corrected chi connectivity index (χ1v) is 5.56. The van der Waals surface area contributed by atoms with Crippen molar-refractivity contribution in [1.82, 2.24) is 5.32 Å². The van der Waals surface area contributed by atoms with Crippen molar-refractivity contribution in [3.05, 3.63) is 0 Å². The molecule has 2 unspecified atom stereocenters. The molecule has 14 heavy (non-hydrogen) atoms. The van der Waals surface area contributed by atoms with Gasteiger partial charge in [-0.2, -0.15) is 0 Å². The summed E-state index contributed by atoms with van der Waals surface area (Å²) < 4.78 is 5.08. The third kappa shape index (κ3) is 2.71. The Kier molecular flexibility index (Phi) is 4.39. The molecule has 1 aliphatic rings. The molecule has 3 heteroatoms. The molecular formula is C11H21NO2. The van der Waals surface area contributed by atoms with E-state index < -0.39 is 0 Å². The first-order chi connectivity index (χ1) is 6.66. The van der Waals surface area contributed by atoms with Gasteiger partial charge in [-0.3, -0.25) is 4.79 Å². The molecule has 0 bridgehead atoms. The lowest BCUT2D eigenvalue weighted by atomic mass is 9.84. The van der Waals surface area contributed by atoms with E-state index in [2.05, 4.69) is 19.2 Å². The van der Waals surface area contributed by atoms with Crippen LogP contribution in [0.3, 0.4) is 0 Å². The van der Waals surface area contributed by atoms with Crippen molar-refractivity contribution in [3.63, 3.8) is 0 Å². The molecule has 0 saturated carbocycles. The highest BCUT2D eigenvalue weighted by Gasteiger charge is 2.33. The Balaban J connectivity index is 2.57. The lowest BCUT2D eigenvalue weighted by Crippen LogP contribution is -2.48. The van der Waals surface area contributed by atoms with Crippen LogP contribution in [-0.4, -0.2) is 25.2 Å². The van der Waals surface area contributed by atoms with Gasteiger partial charge >= 0.3 is 5.97 Å². The van der Waals surface area contributed by atoms with Crippen LogP contribution in [-0.2, 0) is 9.53 Å². The molecule has 0 amide bonds. The van der Waals surface area contributed by atoms with Crippen LogP contribution in [0.1, 0.15) is 33.6 Å². The maximum absolute atomic E-state index is 11.7. The molecule has 82 valence electrons. The van der Waals surface area contributed by atoms with Crippen LogP contribution < -0.4 is 5.32 Å². The molecule has 1 N–H and O–H groups in total. The molecule has 0 aromatic rings. The number of carbonyl (C=O) groups is 1. The van der Waals surface area contributed by atoms with Gasteiger partial charge in [0.2, 0.25) is 0 Å². The van der Waals surface area contributed by atoms with Gasteiger partial charge in [-0.1, -0.05) is 13.8 Å². The second kappa shape index (κ2) is 5.35. The standard InChI is InChI=1S/C11H21NO2/c1-4-14-11(13)9-6-5-7-12-10(9)8(2)3/h8-10,12H,4-7H2,1-3H3. The van der Waals surface area contributed by atoms with Crippen LogP contribution in [0.2, 0.25) is 0 Å². The van der Waals surface area contributed by atoms with Gasteiger partial charge in [0.05, 0.1) is 12.5 Å². The summed E-state index contributed by atoms with van der Waals surface area (Å²) in [5.74, 6) is 0.520. The molecule has 0 aromatic carbocycles. The monoisotopic (exact) mass is 199 g/mol. The smallest absolute Gasteiger partial charge is 0.310 e. The van der Waals surface area contributed by atoms with Crippen LogP contribution >= 0.6 is 0 Å². The quantitative estimate of drug-likeness (QED) is 0.701. The summed E-state index contributed by atoms with van der Waals surface area (Å²) in [6, 6.07) is 0.294. The molecule has 0 aliphatic carbocycles. The minimum atomic E-state index is -0.0293. The van der Waals surface area contributed by atoms with Crippen molar-refractivity contribution in [3.8, 4) is 0 Å². The van der Waals surface area contributed by atoms with E-state index in [4.69, 9.17) is 4.74 Å². The van der Waals surface area contributed by atoms with Gasteiger partial charge in [-0.25, -0.2) is 0 Å². The second-order valence-electron chi connectivity index (χ2n) is 4.22. The number of esters is 1. The molecular weight excluding hydrogens is 178 g/mol. The predicted octanol–water partition coefficient (Wildman–Crippen LogP) is 1.57. The summed E-state index contributed by atoms with van der Waals surface area (Å²) in [6.07, 6.45) is 2.04. The summed E-state index contributed by atoms with van der Waals surface area (Å²) in [4.78, 5) is 11.7. The van der Waals surface area contributed by atoms with Crippen LogP contribution in [0, 0.1) is 11.8 Å². The average molecular weight is 199 g/mol. The van der Waals surface area contributed by atoms with E-state index in [1.165, 1.54) is 0 Å². The van der Waals surface area contributed by atoms with Crippen molar-refractivity contribution >= 4 is 5.97 Å². The zero-order valence-electron chi connectivity index (χ0n) is 9.38. The zero-order chi connectivity index (χ0) is 10.6. The Morgan fingerprint density at radius 3 is 2.86 bits per heavy atom. The van der Waals surface area contributed by atoms with E-state index in [1.54, 1.807) is 0 Å². The molecule has 1 aliphatic heterocycles. The van der Waals surface area contributed by atoms with Gasteiger partial charge in [0.25, 0.3) is 0 Å². The van der Waals surface area contributed by atoms with E-state index in [0.717, 1.165) is 19.4 Å². The van der Waals surface area contributed by atoms with E-state index in [9.17, 15) is 4.79 Å². The number of nitrogens with one attached hydrogen (secondary N) is 1. The maximum atomic E-state index is 11.7. The van der Waals surface area contributed by atoms with Crippen molar-refractivity contribution < 1.29 is 9.53 Å². The minimum Gasteiger partial charge on any atom is -0.466 e. The highest BCUT2D eigenvalue weighted by atomic mass is 16.5. The van der Waals surface area contributed by atoms with Crippen LogP contribution in [0.5, 0.6) is 0 Å². The van der Waals surface area contributed by atoms with Crippen molar-refractivity contribution in [1.29, 1.82) is 0 Å². The van der Waals surface area contributed by atoms with Gasteiger partial charge in [0, 0.05) is 6.04 Å². The molecule has 0 radical (unpaired) electrons. The molecule has 2 atom stereocenters.